The van der Waals surface area contributed by atoms with E-state index in [0.29, 0.717) is 6.54 Å². The molecule has 0 aliphatic carbocycles. The summed E-state index contributed by atoms with van der Waals surface area (Å²) in [6, 6.07) is 19.8. The molecule has 4 rings (SSSR count). The molecule has 0 saturated carbocycles. The largest absolute Gasteiger partial charge is 0.380 e. The third kappa shape index (κ3) is 3.55. The van der Waals surface area contributed by atoms with Crippen LogP contribution in [0.3, 0.4) is 0 Å². The van der Waals surface area contributed by atoms with E-state index in [1.807, 2.05) is 65.2 Å². The Hall–Kier alpha value is -3.91. The highest BCUT2D eigenvalue weighted by Crippen LogP contribution is 2.28. The predicted octanol–water partition coefficient (Wildman–Crippen LogP) is 3.92. The van der Waals surface area contributed by atoms with Gasteiger partial charge in [0.05, 0.1) is 0 Å². The lowest BCUT2D eigenvalue weighted by Crippen LogP contribution is -2.03. The maximum Gasteiger partial charge on any atom is 0.170 e. The average molecular weight is 351 g/mol. The van der Waals surface area contributed by atoms with E-state index in [2.05, 4.69) is 26.4 Å². The number of benzene rings is 2. The van der Waals surface area contributed by atoms with Crippen LogP contribution in [0.15, 0.2) is 79.4 Å². The number of pyridine rings is 1. The van der Waals surface area contributed by atoms with Crippen LogP contribution in [-0.2, 0) is 6.54 Å². The number of para-hydroxylation sites is 1. The third-order valence-electron chi connectivity index (χ3n) is 4.26. The molecule has 0 amide bonds. The van der Waals surface area contributed by atoms with E-state index in [1.165, 1.54) is 0 Å². The quantitative estimate of drug-likeness (QED) is 0.554. The molecule has 0 fully saturated rings. The minimum Gasteiger partial charge on any atom is -0.380 e. The Bertz CT molecular complexity index is 1080. The zero-order valence-corrected chi connectivity index (χ0v) is 14.6. The van der Waals surface area contributed by atoms with Gasteiger partial charge < -0.3 is 5.32 Å². The van der Waals surface area contributed by atoms with Crippen LogP contribution in [0.5, 0.6) is 0 Å². The first-order valence-corrected chi connectivity index (χ1v) is 8.54. The Morgan fingerprint density at radius 3 is 2.52 bits per heavy atom. The van der Waals surface area contributed by atoms with Crippen molar-refractivity contribution in [3.63, 3.8) is 0 Å². The second-order valence-electron chi connectivity index (χ2n) is 5.97. The predicted molar refractivity (Wildman–Crippen MR) is 106 cm³/mol. The summed E-state index contributed by atoms with van der Waals surface area (Å²) in [7, 11) is 0. The van der Waals surface area contributed by atoms with E-state index < -0.39 is 0 Å². The van der Waals surface area contributed by atoms with Gasteiger partial charge in [-0.25, -0.2) is 0 Å². The minimum absolute atomic E-state index is 0.699. The number of anilines is 1. The summed E-state index contributed by atoms with van der Waals surface area (Å²) >= 11 is 0. The van der Waals surface area contributed by atoms with Gasteiger partial charge in [-0.15, -0.1) is 16.6 Å². The summed E-state index contributed by atoms with van der Waals surface area (Å²) in [4.78, 5) is 4.05. The van der Waals surface area contributed by atoms with Gasteiger partial charge in [0.25, 0.3) is 0 Å². The SMILES string of the molecule is C#Cc1ccc(-n2cnnc2-c2ccccc2NCc2ccncc2)cc1. The monoisotopic (exact) mass is 351 g/mol. The Balaban J connectivity index is 1.66. The first kappa shape index (κ1) is 16.6. The lowest BCUT2D eigenvalue weighted by molar-refractivity contribution is 1.06. The fourth-order valence-electron chi connectivity index (χ4n) is 2.86. The van der Waals surface area contributed by atoms with Crippen LogP contribution in [0.4, 0.5) is 5.69 Å². The van der Waals surface area contributed by atoms with E-state index in [4.69, 9.17) is 6.42 Å². The van der Waals surface area contributed by atoms with E-state index >= 15 is 0 Å². The van der Waals surface area contributed by atoms with Crippen molar-refractivity contribution in [1.29, 1.82) is 0 Å². The summed E-state index contributed by atoms with van der Waals surface area (Å²) in [5.74, 6) is 3.40. The summed E-state index contributed by atoms with van der Waals surface area (Å²) in [5.41, 5.74) is 4.92. The highest BCUT2D eigenvalue weighted by molar-refractivity contribution is 5.74. The van der Waals surface area contributed by atoms with Gasteiger partial charge in [-0.05, 0) is 54.1 Å². The van der Waals surface area contributed by atoms with Crippen molar-refractivity contribution in [3.8, 4) is 29.4 Å². The van der Waals surface area contributed by atoms with Crippen LogP contribution in [0, 0.1) is 12.3 Å². The van der Waals surface area contributed by atoms with Gasteiger partial charge in [0.1, 0.15) is 6.33 Å². The standard InChI is InChI=1S/C22H17N5/c1-2-17-7-9-19(10-8-17)27-16-25-26-22(27)20-5-3-4-6-21(20)24-15-18-11-13-23-14-12-18/h1,3-14,16,24H,15H2. The van der Waals surface area contributed by atoms with Crippen molar-refractivity contribution in [2.75, 3.05) is 5.32 Å². The molecule has 4 aromatic rings. The van der Waals surface area contributed by atoms with Gasteiger partial charge in [0.2, 0.25) is 0 Å². The number of nitrogens with one attached hydrogen (secondary N) is 1. The fourth-order valence-corrected chi connectivity index (χ4v) is 2.86. The van der Waals surface area contributed by atoms with Gasteiger partial charge in [0, 0.05) is 41.4 Å². The zero-order valence-electron chi connectivity index (χ0n) is 14.6. The minimum atomic E-state index is 0.699. The highest BCUT2D eigenvalue weighted by Gasteiger charge is 2.13. The first-order valence-electron chi connectivity index (χ1n) is 8.54. The number of terminal acetylenes is 1. The molecule has 130 valence electrons. The Labute approximate surface area is 157 Å². The van der Waals surface area contributed by atoms with Crippen molar-refractivity contribution in [3.05, 3.63) is 90.5 Å². The molecule has 27 heavy (non-hydrogen) atoms. The highest BCUT2D eigenvalue weighted by atomic mass is 15.3. The van der Waals surface area contributed by atoms with E-state index in [9.17, 15) is 0 Å². The number of aromatic nitrogens is 4. The molecule has 2 heterocycles. The summed E-state index contributed by atoms with van der Waals surface area (Å²) < 4.78 is 1.95. The molecule has 0 aliphatic heterocycles. The molecular formula is C22H17N5. The van der Waals surface area contributed by atoms with Crippen LogP contribution in [0.2, 0.25) is 0 Å². The molecule has 0 unspecified atom stereocenters. The molecule has 0 atom stereocenters. The molecule has 5 nitrogen and oxygen atoms in total. The number of rotatable bonds is 5. The Kier molecular flexibility index (Phi) is 4.62. The summed E-state index contributed by atoms with van der Waals surface area (Å²) in [6.07, 6.45) is 10.7. The second-order valence-corrected chi connectivity index (χ2v) is 5.97. The molecule has 2 aromatic carbocycles. The number of nitrogens with zero attached hydrogens (tertiary/aromatic N) is 4. The first-order chi connectivity index (χ1) is 13.3. The van der Waals surface area contributed by atoms with Crippen LogP contribution in [0.1, 0.15) is 11.1 Å². The van der Waals surface area contributed by atoms with Crippen LogP contribution >= 0.6 is 0 Å². The Morgan fingerprint density at radius 2 is 1.74 bits per heavy atom. The van der Waals surface area contributed by atoms with Crippen LogP contribution < -0.4 is 5.32 Å². The molecule has 0 bridgehead atoms. The summed E-state index contributed by atoms with van der Waals surface area (Å²) in [5, 5.41) is 11.9. The Morgan fingerprint density at radius 1 is 0.963 bits per heavy atom. The van der Waals surface area contributed by atoms with Crippen molar-refractivity contribution in [1.82, 2.24) is 19.7 Å². The van der Waals surface area contributed by atoms with Gasteiger partial charge in [-0.1, -0.05) is 18.1 Å². The van der Waals surface area contributed by atoms with Crippen molar-refractivity contribution in [2.24, 2.45) is 0 Å². The van der Waals surface area contributed by atoms with Crippen molar-refractivity contribution >= 4 is 5.69 Å². The van der Waals surface area contributed by atoms with Gasteiger partial charge in [0.15, 0.2) is 5.82 Å². The number of hydrogen-bond donors (Lipinski definition) is 1. The van der Waals surface area contributed by atoms with Gasteiger partial charge >= 0.3 is 0 Å². The zero-order chi connectivity index (χ0) is 18.5. The molecule has 0 aliphatic rings. The van der Waals surface area contributed by atoms with E-state index in [-0.39, 0.29) is 0 Å². The van der Waals surface area contributed by atoms with Gasteiger partial charge in [-0.2, -0.15) is 0 Å². The third-order valence-corrected chi connectivity index (χ3v) is 4.26. The van der Waals surface area contributed by atoms with Gasteiger partial charge in [-0.3, -0.25) is 9.55 Å². The number of hydrogen-bond acceptors (Lipinski definition) is 4. The second kappa shape index (κ2) is 7.54. The smallest absolute Gasteiger partial charge is 0.170 e. The maximum absolute atomic E-state index is 5.45. The molecule has 0 saturated heterocycles. The van der Waals surface area contributed by atoms with Crippen molar-refractivity contribution in [2.45, 2.75) is 6.54 Å². The molecule has 0 radical (unpaired) electrons. The molecular weight excluding hydrogens is 334 g/mol. The van der Waals surface area contributed by atoms with Crippen molar-refractivity contribution < 1.29 is 0 Å². The van der Waals surface area contributed by atoms with Crippen LogP contribution in [0.25, 0.3) is 17.1 Å². The van der Waals surface area contributed by atoms with E-state index in [1.54, 1.807) is 18.7 Å². The maximum atomic E-state index is 5.45. The fraction of sp³-hybridized carbons (Fsp3) is 0.0455. The molecule has 1 N–H and O–H groups in total. The molecule has 5 heteroatoms. The average Bonchev–Trinajstić information content (AvgIpc) is 3.23. The lowest BCUT2D eigenvalue weighted by atomic mass is 10.1. The topological polar surface area (TPSA) is 55.6 Å². The normalized spacial score (nSPS) is 10.3. The van der Waals surface area contributed by atoms with Crippen LogP contribution in [-0.4, -0.2) is 19.7 Å². The lowest BCUT2D eigenvalue weighted by Gasteiger charge is -2.13. The van der Waals surface area contributed by atoms with E-state index in [0.717, 1.165) is 33.9 Å². The summed E-state index contributed by atoms with van der Waals surface area (Å²) in [6.45, 7) is 0.699. The molecule has 0 spiro atoms. The molecule has 2 aromatic heterocycles.